The molecule has 19 heavy (non-hydrogen) atoms. The van der Waals surface area contributed by atoms with Gasteiger partial charge in [0.05, 0.1) is 0 Å². The largest absolute Gasteiger partial charge is 0.444 e. The van der Waals surface area contributed by atoms with Crippen LogP contribution < -0.4 is 5.32 Å². The van der Waals surface area contributed by atoms with Crippen LogP contribution >= 0.6 is 31.9 Å². The van der Waals surface area contributed by atoms with Gasteiger partial charge in [0.15, 0.2) is 10.4 Å². The van der Waals surface area contributed by atoms with E-state index in [-0.39, 0.29) is 11.7 Å². The quantitative estimate of drug-likeness (QED) is 0.761. The topological polar surface area (TPSA) is 42.2 Å². The molecule has 0 unspecified atom stereocenters. The van der Waals surface area contributed by atoms with Crippen molar-refractivity contribution in [3.8, 4) is 0 Å². The maximum absolute atomic E-state index is 11.9. The number of furan rings is 1. The Morgan fingerprint density at radius 2 is 2.11 bits per heavy atom. The molecule has 0 spiro atoms. The van der Waals surface area contributed by atoms with Crippen LogP contribution in [-0.4, -0.2) is 11.2 Å². The second kappa shape index (κ2) is 6.91. The molecule has 2 rings (SSSR count). The Morgan fingerprint density at radius 3 is 2.79 bits per heavy atom. The lowest BCUT2D eigenvalue weighted by Crippen LogP contribution is -2.10. The van der Waals surface area contributed by atoms with Crippen molar-refractivity contribution < 1.29 is 9.21 Å². The molecule has 1 N–H and O–H groups in total. The van der Waals surface area contributed by atoms with Crippen LogP contribution in [-0.2, 0) is 6.42 Å². The van der Waals surface area contributed by atoms with Gasteiger partial charge in [-0.1, -0.05) is 28.1 Å². The van der Waals surface area contributed by atoms with E-state index in [1.807, 2.05) is 18.2 Å². The molecule has 100 valence electrons. The third kappa shape index (κ3) is 4.21. The highest BCUT2D eigenvalue weighted by Crippen LogP contribution is 2.17. The zero-order valence-corrected chi connectivity index (χ0v) is 13.3. The molecule has 0 aliphatic rings. The average molecular weight is 387 g/mol. The number of carbonyl (C=O) groups excluding carboxylic acids is 1. The lowest BCUT2D eigenvalue weighted by atomic mass is 10.1. The fourth-order valence-electron chi connectivity index (χ4n) is 1.70. The van der Waals surface area contributed by atoms with Crippen molar-refractivity contribution in [3.63, 3.8) is 0 Å². The summed E-state index contributed by atoms with van der Waals surface area (Å²) >= 11 is 6.59. The van der Waals surface area contributed by atoms with E-state index >= 15 is 0 Å². The molecule has 0 fully saturated rings. The SMILES string of the molecule is O=C(Nc1cccc(CCCBr)c1)c1ccc(Br)o1. The van der Waals surface area contributed by atoms with Crippen LogP contribution in [0.5, 0.6) is 0 Å². The van der Waals surface area contributed by atoms with E-state index in [0.29, 0.717) is 4.67 Å². The number of benzene rings is 1. The molecule has 0 aliphatic heterocycles. The molecule has 0 saturated heterocycles. The zero-order valence-electron chi connectivity index (χ0n) is 10.2. The van der Waals surface area contributed by atoms with Crippen LogP contribution in [0.1, 0.15) is 22.5 Å². The summed E-state index contributed by atoms with van der Waals surface area (Å²) in [7, 11) is 0. The summed E-state index contributed by atoms with van der Waals surface area (Å²) in [5, 5.41) is 3.80. The Morgan fingerprint density at radius 1 is 1.26 bits per heavy atom. The number of anilines is 1. The van der Waals surface area contributed by atoms with E-state index in [1.165, 1.54) is 5.56 Å². The number of alkyl halides is 1. The van der Waals surface area contributed by atoms with Crippen LogP contribution in [0.15, 0.2) is 45.5 Å². The van der Waals surface area contributed by atoms with Gasteiger partial charge in [0.25, 0.3) is 5.91 Å². The molecule has 1 aromatic carbocycles. The predicted molar refractivity (Wildman–Crippen MR) is 82.9 cm³/mol. The molecule has 0 atom stereocenters. The van der Waals surface area contributed by atoms with Crippen LogP contribution in [0, 0.1) is 0 Å². The summed E-state index contributed by atoms with van der Waals surface area (Å²) in [6.07, 6.45) is 2.06. The van der Waals surface area contributed by atoms with Crippen molar-refractivity contribution in [3.05, 3.63) is 52.4 Å². The monoisotopic (exact) mass is 385 g/mol. The number of aryl methyl sites for hydroxylation is 1. The fraction of sp³-hybridized carbons (Fsp3) is 0.214. The molecule has 0 radical (unpaired) electrons. The number of amides is 1. The van der Waals surface area contributed by atoms with E-state index in [1.54, 1.807) is 12.1 Å². The Labute approximate surface area is 128 Å². The van der Waals surface area contributed by atoms with Crippen LogP contribution in [0.4, 0.5) is 5.69 Å². The first-order chi connectivity index (χ1) is 9.19. The molecule has 0 aliphatic carbocycles. The summed E-state index contributed by atoms with van der Waals surface area (Å²) in [6.45, 7) is 0. The van der Waals surface area contributed by atoms with Crippen molar-refractivity contribution in [1.29, 1.82) is 0 Å². The molecular weight excluding hydrogens is 374 g/mol. The fourth-order valence-corrected chi connectivity index (χ4v) is 2.29. The Hall–Kier alpha value is -1.07. The van der Waals surface area contributed by atoms with Crippen LogP contribution in [0.25, 0.3) is 0 Å². The van der Waals surface area contributed by atoms with Gasteiger partial charge in [0.2, 0.25) is 0 Å². The van der Waals surface area contributed by atoms with E-state index in [9.17, 15) is 4.79 Å². The maximum atomic E-state index is 11.9. The lowest BCUT2D eigenvalue weighted by Gasteiger charge is -2.05. The second-order valence-corrected chi connectivity index (χ2v) is 5.63. The highest BCUT2D eigenvalue weighted by atomic mass is 79.9. The summed E-state index contributed by atoms with van der Waals surface area (Å²) in [6, 6.07) is 11.2. The Balaban J connectivity index is 2.04. The number of hydrogen-bond donors (Lipinski definition) is 1. The number of carbonyl (C=O) groups is 1. The normalized spacial score (nSPS) is 10.4. The third-order valence-corrected chi connectivity index (χ3v) is 3.57. The predicted octanol–water partition coefficient (Wildman–Crippen LogP) is 4.62. The Kier molecular flexibility index (Phi) is 5.22. The van der Waals surface area contributed by atoms with Crippen molar-refractivity contribution in [1.82, 2.24) is 0 Å². The highest BCUT2D eigenvalue weighted by Gasteiger charge is 2.10. The van der Waals surface area contributed by atoms with Gasteiger partial charge in [-0.25, -0.2) is 0 Å². The van der Waals surface area contributed by atoms with Crippen molar-refractivity contribution in [2.24, 2.45) is 0 Å². The number of nitrogens with one attached hydrogen (secondary N) is 1. The van der Waals surface area contributed by atoms with E-state index in [0.717, 1.165) is 23.9 Å². The molecule has 0 bridgehead atoms. The van der Waals surface area contributed by atoms with Crippen molar-refractivity contribution in [2.45, 2.75) is 12.8 Å². The Bertz CT molecular complexity index is 566. The third-order valence-electron chi connectivity index (χ3n) is 2.58. The molecule has 3 nitrogen and oxygen atoms in total. The number of halogens is 2. The molecule has 2 aromatic rings. The molecule has 1 aromatic heterocycles. The summed E-state index contributed by atoms with van der Waals surface area (Å²) < 4.78 is 5.76. The summed E-state index contributed by atoms with van der Waals surface area (Å²) in [5.41, 5.74) is 1.99. The average Bonchev–Trinajstić information content (AvgIpc) is 2.83. The summed E-state index contributed by atoms with van der Waals surface area (Å²) in [4.78, 5) is 11.9. The standard InChI is InChI=1S/C14H13Br2NO2/c15-8-2-4-10-3-1-5-11(9-10)17-14(18)12-6-7-13(16)19-12/h1,3,5-7,9H,2,4,8H2,(H,17,18). The number of rotatable bonds is 5. The van der Waals surface area contributed by atoms with Crippen LogP contribution in [0.2, 0.25) is 0 Å². The first-order valence-electron chi connectivity index (χ1n) is 5.90. The van der Waals surface area contributed by atoms with Gasteiger partial charge in [-0.15, -0.1) is 0 Å². The zero-order chi connectivity index (χ0) is 13.7. The highest BCUT2D eigenvalue weighted by molar-refractivity contribution is 9.10. The minimum atomic E-state index is -0.247. The molecule has 5 heteroatoms. The van der Waals surface area contributed by atoms with Gasteiger partial charge in [0.1, 0.15) is 0 Å². The van der Waals surface area contributed by atoms with Gasteiger partial charge in [0, 0.05) is 11.0 Å². The lowest BCUT2D eigenvalue weighted by molar-refractivity contribution is 0.0995. The molecular formula is C14H13Br2NO2. The van der Waals surface area contributed by atoms with E-state index < -0.39 is 0 Å². The maximum Gasteiger partial charge on any atom is 0.291 e. The first-order valence-corrected chi connectivity index (χ1v) is 7.82. The second-order valence-electron chi connectivity index (χ2n) is 4.05. The minimum Gasteiger partial charge on any atom is -0.444 e. The van der Waals surface area contributed by atoms with Gasteiger partial charge >= 0.3 is 0 Å². The van der Waals surface area contributed by atoms with Gasteiger partial charge in [-0.2, -0.15) is 0 Å². The van der Waals surface area contributed by atoms with Crippen molar-refractivity contribution >= 4 is 43.5 Å². The van der Waals surface area contributed by atoms with Gasteiger partial charge in [-0.3, -0.25) is 4.79 Å². The first kappa shape index (κ1) is 14.3. The minimum absolute atomic E-state index is 0.247. The summed E-state index contributed by atoms with van der Waals surface area (Å²) in [5.74, 6) is 0.0427. The molecule has 1 amide bonds. The smallest absolute Gasteiger partial charge is 0.291 e. The van der Waals surface area contributed by atoms with Gasteiger partial charge < -0.3 is 9.73 Å². The van der Waals surface area contributed by atoms with E-state index in [4.69, 9.17) is 4.42 Å². The van der Waals surface area contributed by atoms with Crippen molar-refractivity contribution in [2.75, 3.05) is 10.6 Å². The van der Waals surface area contributed by atoms with Gasteiger partial charge in [-0.05, 0) is 58.6 Å². The molecule has 1 heterocycles. The van der Waals surface area contributed by atoms with E-state index in [2.05, 4.69) is 43.2 Å². The molecule has 0 saturated carbocycles. The number of hydrogen-bond acceptors (Lipinski definition) is 2. The van der Waals surface area contributed by atoms with Crippen LogP contribution in [0.3, 0.4) is 0 Å².